The summed E-state index contributed by atoms with van der Waals surface area (Å²) in [5.41, 5.74) is 2.88. The van der Waals surface area contributed by atoms with Gasteiger partial charge in [-0.2, -0.15) is 0 Å². The Morgan fingerprint density at radius 2 is 2.07 bits per heavy atom. The van der Waals surface area contributed by atoms with Crippen molar-refractivity contribution in [2.45, 2.75) is 19.8 Å². The summed E-state index contributed by atoms with van der Waals surface area (Å²) in [6.45, 7) is 1.80. The number of rotatable bonds is 4. The van der Waals surface area contributed by atoms with E-state index >= 15 is 0 Å². The van der Waals surface area contributed by atoms with E-state index in [1.165, 1.54) is 5.56 Å². The van der Waals surface area contributed by atoms with Gasteiger partial charge in [-0.25, -0.2) is 5.48 Å². The first-order valence-corrected chi connectivity index (χ1v) is 4.72. The van der Waals surface area contributed by atoms with Crippen LogP contribution in [0, 0.1) is 5.92 Å². The lowest BCUT2D eigenvalue weighted by molar-refractivity contribution is -0.133. The molecule has 0 bridgehead atoms. The highest BCUT2D eigenvalue weighted by Crippen LogP contribution is 2.09. The lowest BCUT2D eigenvalue weighted by atomic mass is 10.0. The third kappa shape index (κ3) is 3.18. The Morgan fingerprint density at radius 1 is 1.43 bits per heavy atom. The van der Waals surface area contributed by atoms with Crippen molar-refractivity contribution in [1.29, 1.82) is 0 Å². The fraction of sp³-hybridized carbons (Fsp3) is 0.364. The quantitative estimate of drug-likeness (QED) is 0.565. The van der Waals surface area contributed by atoms with Crippen LogP contribution in [0.5, 0.6) is 0 Å². The molecule has 76 valence electrons. The van der Waals surface area contributed by atoms with Crippen molar-refractivity contribution in [1.82, 2.24) is 5.48 Å². The molecule has 0 aliphatic heterocycles. The first kappa shape index (κ1) is 10.7. The summed E-state index contributed by atoms with van der Waals surface area (Å²) in [4.78, 5) is 11.0. The Bertz CT molecular complexity index is 285. The molecule has 0 spiro atoms. The number of nitrogens with one attached hydrogen (secondary N) is 1. The average molecular weight is 193 g/mol. The summed E-state index contributed by atoms with van der Waals surface area (Å²) < 4.78 is 0. The Labute approximate surface area is 83.7 Å². The molecule has 1 atom stereocenters. The standard InChI is InChI=1S/C11H15NO2/c1-9(11(13)12-14)7-8-10-5-3-2-4-6-10/h2-6,9,14H,7-8H2,1H3,(H,12,13)/t9-/m0/s1. The van der Waals surface area contributed by atoms with Crippen LogP contribution in [0.25, 0.3) is 0 Å². The summed E-state index contributed by atoms with van der Waals surface area (Å²) in [7, 11) is 0. The van der Waals surface area contributed by atoms with Gasteiger partial charge in [0, 0.05) is 5.92 Å². The Kier molecular flexibility index (Phi) is 4.13. The molecule has 14 heavy (non-hydrogen) atoms. The van der Waals surface area contributed by atoms with Crippen LogP contribution in [0.1, 0.15) is 18.9 Å². The van der Waals surface area contributed by atoms with Gasteiger partial charge in [0.25, 0.3) is 0 Å². The van der Waals surface area contributed by atoms with Gasteiger partial charge in [0.1, 0.15) is 0 Å². The predicted molar refractivity (Wildman–Crippen MR) is 53.9 cm³/mol. The Balaban J connectivity index is 2.38. The van der Waals surface area contributed by atoms with E-state index in [4.69, 9.17) is 5.21 Å². The number of hydrogen-bond donors (Lipinski definition) is 2. The largest absolute Gasteiger partial charge is 0.289 e. The smallest absolute Gasteiger partial charge is 0.246 e. The Hall–Kier alpha value is -1.35. The second kappa shape index (κ2) is 5.40. The molecule has 2 N–H and O–H groups in total. The number of amides is 1. The third-order valence-electron chi connectivity index (χ3n) is 2.27. The van der Waals surface area contributed by atoms with Gasteiger partial charge in [0.05, 0.1) is 0 Å². The zero-order valence-corrected chi connectivity index (χ0v) is 8.23. The molecule has 0 aliphatic rings. The lowest BCUT2D eigenvalue weighted by Gasteiger charge is -2.08. The van der Waals surface area contributed by atoms with E-state index in [2.05, 4.69) is 0 Å². The molecule has 0 saturated heterocycles. The minimum Gasteiger partial charge on any atom is -0.289 e. The molecule has 0 saturated carbocycles. The minimum absolute atomic E-state index is 0.153. The van der Waals surface area contributed by atoms with Crippen LogP contribution < -0.4 is 5.48 Å². The van der Waals surface area contributed by atoms with Crippen molar-refractivity contribution in [3.05, 3.63) is 35.9 Å². The van der Waals surface area contributed by atoms with Crippen LogP contribution >= 0.6 is 0 Å². The van der Waals surface area contributed by atoms with E-state index in [1.54, 1.807) is 12.4 Å². The van der Waals surface area contributed by atoms with Crippen LogP contribution in [0.4, 0.5) is 0 Å². The van der Waals surface area contributed by atoms with Crippen molar-refractivity contribution >= 4 is 5.91 Å². The SMILES string of the molecule is C[C@@H](CCc1ccccc1)C(=O)NO. The van der Waals surface area contributed by atoms with Crippen molar-refractivity contribution in [3.63, 3.8) is 0 Å². The van der Waals surface area contributed by atoms with Gasteiger partial charge in [-0.15, -0.1) is 0 Å². The highest BCUT2D eigenvalue weighted by atomic mass is 16.5. The maximum atomic E-state index is 11.0. The highest BCUT2D eigenvalue weighted by Gasteiger charge is 2.10. The summed E-state index contributed by atoms with van der Waals surface area (Å²) in [5, 5.41) is 8.40. The summed E-state index contributed by atoms with van der Waals surface area (Å²) in [5.74, 6) is -0.471. The third-order valence-corrected chi connectivity index (χ3v) is 2.27. The number of hydroxylamine groups is 1. The zero-order valence-electron chi connectivity index (χ0n) is 8.23. The molecule has 0 heterocycles. The lowest BCUT2D eigenvalue weighted by Crippen LogP contribution is -2.26. The van der Waals surface area contributed by atoms with E-state index in [0.29, 0.717) is 0 Å². The second-order valence-corrected chi connectivity index (χ2v) is 3.40. The van der Waals surface area contributed by atoms with Crippen LogP contribution in [-0.2, 0) is 11.2 Å². The maximum Gasteiger partial charge on any atom is 0.246 e. The van der Waals surface area contributed by atoms with E-state index < -0.39 is 0 Å². The van der Waals surface area contributed by atoms with E-state index in [1.807, 2.05) is 30.3 Å². The van der Waals surface area contributed by atoms with E-state index in [-0.39, 0.29) is 11.8 Å². The number of aryl methyl sites for hydroxylation is 1. The monoisotopic (exact) mass is 193 g/mol. The number of benzene rings is 1. The van der Waals surface area contributed by atoms with Crippen molar-refractivity contribution in [3.8, 4) is 0 Å². The average Bonchev–Trinajstić information content (AvgIpc) is 2.26. The summed E-state index contributed by atoms with van der Waals surface area (Å²) >= 11 is 0. The normalized spacial score (nSPS) is 12.1. The van der Waals surface area contributed by atoms with E-state index in [0.717, 1.165) is 12.8 Å². The molecule has 1 rings (SSSR count). The summed E-state index contributed by atoms with van der Waals surface area (Å²) in [6, 6.07) is 9.98. The van der Waals surface area contributed by atoms with Crippen LogP contribution in [0.2, 0.25) is 0 Å². The first-order chi connectivity index (χ1) is 6.74. The fourth-order valence-electron chi connectivity index (χ4n) is 1.27. The Morgan fingerprint density at radius 3 is 2.64 bits per heavy atom. The van der Waals surface area contributed by atoms with Crippen molar-refractivity contribution in [2.24, 2.45) is 5.92 Å². The molecule has 3 heteroatoms. The van der Waals surface area contributed by atoms with Crippen molar-refractivity contribution < 1.29 is 10.0 Å². The highest BCUT2D eigenvalue weighted by molar-refractivity contribution is 5.76. The van der Waals surface area contributed by atoms with Crippen LogP contribution in [-0.4, -0.2) is 11.1 Å². The molecule has 0 aliphatic carbocycles. The van der Waals surface area contributed by atoms with Crippen LogP contribution in [0.3, 0.4) is 0 Å². The molecule has 0 aromatic heterocycles. The summed E-state index contributed by atoms with van der Waals surface area (Å²) in [6.07, 6.45) is 1.60. The zero-order chi connectivity index (χ0) is 10.4. The molecular weight excluding hydrogens is 178 g/mol. The van der Waals surface area contributed by atoms with Crippen LogP contribution in [0.15, 0.2) is 30.3 Å². The first-order valence-electron chi connectivity index (χ1n) is 4.72. The molecule has 3 nitrogen and oxygen atoms in total. The molecule has 0 fully saturated rings. The predicted octanol–water partition coefficient (Wildman–Crippen LogP) is 1.76. The van der Waals surface area contributed by atoms with Gasteiger partial charge in [-0.05, 0) is 18.4 Å². The molecule has 1 amide bonds. The number of carbonyl (C=O) groups excluding carboxylic acids is 1. The van der Waals surface area contributed by atoms with Gasteiger partial charge < -0.3 is 0 Å². The molecular formula is C11H15NO2. The molecule has 0 unspecified atom stereocenters. The fourth-order valence-corrected chi connectivity index (χ4v) is 1.27. The van der Waals surface area contributed by atoms with Gasteiger partial charge in [-0.1, -0.05) is 37.3 Å². The maximum absolute atomic E-state index is 11.0. The molecule has 1 aromatic carbocycles. The topological polar surface area (TPSA) is 49.3 Å². The molecule has 0 radical (unpaired) electrons. The second-order valence-electron chi connectivity index (χ2n) is 3.40. The van der Waals surface area contributed by atoms with Gasteiger partial charge in [0.2, 0.25) is 5.91 Å². The van der Waals surface area contributed by atoms with Gasteiger partial charge >= 0.3 is 0 Å². The number of carbonyl (C=O) groups is 1. The van der Waals surface area contributed by atoms with Gasteiger partial charge in [0.15, 0.2) is 0 Å². The van der Waals surface area contributed by atoms with Gasteiger partial charge in [-0.3, -0.25) is 10.0 Å². The van der Waals surface area contributed by atoms with Crippen molar-refractivity contribution in [2.75, 3.05) is 0 Å². The minimum atomic E-state index is -0.319. The van der Waals surface area contributed by atoms with E-state index in [9.17, 15) is 4.79 Å². The molecule has 1 aromatic rings. The number of hydrogen-bond acceptors (Lipinski definition) is 2.